The van der Waals surface area contributed by atoms with Crippen molar-refractivity contribution in [3.63, 3.8) is 0 Å². The summed E-state index contributed by atoms with van der Waals surface area (Å²) >= 11 is 6.05. The summed E-state index contributed by atoms with van der Waals surface area (Å²) in [5.74, 6) is 0.786. The van der Waals surface area contributed by atoms with Gasteiger partial charge in [0, 0.05) is 39.6 Å². The standard InChI is InChI=1S/C19H25ClN4O3.HI/c1-21-19(24(3)12-15-9-14(20)11-23(15)2)22-10-13-6-7-16(18(25)27-5)17(8-13)26-4;/h6-9,11H,10,12H2,1-5H3,(H,21,22);1H. The van der Waals surface area contributed by atoms with E-state index < -0.39 is 5.97 Å². The highest BCUT2D eigenvalue weighted by molar-refractivity contribution is 14.0. The number of aryl methyl sites for hydroxylation is 1. The average Bonchev–Trinajstić information content (AvgIpc) is 2.98. The van der Waals surface area contributed by atoms with Crippen LogP contribution in [-0.2, 0) is 24.9 Å². The quantitative estimate of drug-likeness (QED) is 0.274. The number of halogens is 2. The van der Waals surface area contributed by atoms with Crippen LogP contribution in [0.1, 0.15) is 21.6 Å². The van der Waals surface area contributed by atoms with Gasteiger partial charge in [0.2, 0.25) is 0 Å². The van der Waals surface area contributed by atoms with E-state index in [1.807, 2.05) is 48.0 Å². The summed E-state index contributed by atoms with van der Waals surface area (Å²) in [7, 11) is 8.52. The van der Waals surface area contributed by atoms with Crippen LogP contribution in [0.5, 0.6) is 5.75 Å². The number of hydrogen-bond acceptors (Lipinski definition) is 4. The second-order valence-corrected chi connectivity index (χ2v) is 6.48. The Labute approximate surface area is 187 Å². The first-order chi connectivity index (χ1) is 12.9. The number of carbonyl (C=O) groups is 1. The van der Waals surface area contributed by atoms with Crippen LogP contribution in [0.3, 0.4) is 0 Å². The van der Waals surface area contributed by atoms with E-state index in [1.165, 1.54) is 14.2 Å². The molecule has 1 aromatic heterocycles. The Kier molecular flexibility index (Phi) is 9.60. The van der Waals surface area contributed by atoms with Crippen molar-refractivity contribution in [1.82, 2.24) is 14.8 Å². The lowest BCUT2D eigenvalue weighted by molar-refractivity contribution is 0.0597. The number of hydrogen-bond donors (Lipinski definition) is 1. The number of nitrogens with one attached hydrogen (secondary N) is 1. The van der Waals surface area contributed by atoms with Crippen molar-refractivity contribution in [3.05, 3.63) is 52.3 Å². The van der Waals surface area contributed by atoms with E-state index in [1.54, 1.807) is 13.1 Å². The molecular formula is C19H26ClIN4O3. The van der Waals surface area contributed by atoms with Crippen LogP contribution in [0.15, 0.2) is 35.5 Å². The summed E-state index contributed by atoms with van der Waals surface area (Å²) in [4.78, 5) is 18.1. The van der Waals surface area contributed by atoms with Crippen molar-refractivity contribution < 1.29 is 14.3 Å². The smallest absolute Gasteiger partial charge is 0.341 e. The predicted octanol–water partition coefficient (Wildman–Crippen LogP) is 3.30. The number of ether oxygens (including phenoxy) is 2. The minimum Gasteiger partial charge on any atom is -0.496 e. The van der Waals surface area contributed by atoms with Gasteiger partial charge in [-0.25, -0.2) is 4.79 Å². The first kappa shape index (κ1) is 24.1. The Morgan fingerprint density at radius 3 is 2.57 bits per heavy atom. The van der Waals surface area contributed by atoms with Gasteiger partial charge in [0.05, 0.1) is 25.8 Å². The normalized spacial score (nSPS) is 10.9. The van der Waals surface area contributed by atoms with E-state index in [-0.39, 0.29) is 24.0 Å². The van der Waals surface area contributed by atoms with Gasteiger partial charge >= 0.3 is 5.97 Å². The summed E-state index contributed by atoms with van der Waals surface area (Å²) < 4.78 is 12.1. The number of aromatic nitrogens is 1. The fourth-order valence-corrected chi connectivity index (χ4v) is 3.00. The highest BCUT2D eigenvalue weighted by Gasteiger charge is 2.14. The number of nitrogens with zero attached hydrogens (tertiary/aromatic N) is 3. The molecule has 0 saturated carbocycles. The van der Waals surface area contributed by atoms with E-state index in [0.29, 0.717) is 29.4 Å². The fraction of sp³-hybridized carbons (Fsp3) is 0.368. The van der Waals surface area contributed by atoms with Gasteiger partial charge < -0.3 is 24.3 Å². The first-order valence-electron chi connectivity index (χ1n) is 8.37. The molecule has 0 aliphatic carbocycles. The Morgan fingerprint density at radius 1 is 1.32 bits per heavy atom. The summed E-state index contributed by atoms with van der Waals surface area (Å²) in [5, 5.41) is 4.02. The SMILES string of the molecule is CN=C(NCc1ccc(C(=O)OC)c(OC)c1)N(C)Cc1cc(Cl)cn1C.I. The maximum Gasteiger partial charge on any atom is 0.341 e. The molecule has 0 radical (unpaired) electrons. The van der Waals surface area contributed by atoms with Crippen LogP contribution in [0.4, 0.5) is 0 Å². The summed E-state index contributed by atoms with van der Waals surface area (Å²) in [5.41, 5.74) is 2.43. The number of guanidine groups is 1. The summed E-state index contributed by atoms with van der Waals surface area (Å²) in [6.45, 7) is 1.19. The predicted molar refractivity (Wildman–Crippen MR) is 122 cm³/mol. The van der Waals surface area contributed by atoms with Gasteiger partial charge in [-0.1, -0.05) is 17.7 Å². The molecule has 0 unspecified atom stereocenters. The highest BCUT2D eigenvalue weighted by Crippen LogP contribution is 2.21. The Morgan fingerprint density at radius 2 is 2.04 bits per heavy atom. The van der Waals surface area contributed by atoms with Crippen molar-refractivity contribution in [1.29, 1.82) is 0 Å². The van der Waals surface area contributed by atoms with E-state index in [2.05, 4.69) is 10.3 Å². The lowest BCUT2D eigenvalue weighted by atomic mass is 10.1. The molecule has 1 heterocycles. The summed E-state index contributed by atoms with van der Waals surface area (Å²) in [6.07, 6.45) is 1.87. The van der Waals surface area contributed by atoms with Gasteiger partial charge in [-0.2, -0.15) is 0 Å². The summed E-state index contributed by atoms with van der Waals surface area (Å²) in [6, 6.07) is 7.29. The zero-order valence-corrected chi connectivity index (χ0v) is 19.7. The third-order valence-electron chi connectivity index (χ3n) is 4.17. The van der Waals surface area contributed by atoms with Crippen molar-refractivity contribution in [3.8, 4) is 5.75 Å². The van der Waals surface area contributed by atoms with Crippen molar-refractivity contribution in [2.75, 3.05) is 28.3 Å². The molecule has 0 atom stereocenters. The number of carbonyl (C=O) groups excluding carboxylic acids is 1. The van der Waals surface area contributed by atoms with Crippen molar-refractivity contribution >= 4 is 47.5 Å². The van der Waals surface area contributed by atoms with Gasteiger partial charge in [-0.05, 0) is 23.8 Å². The molecule has 1 N–H and O–H groups in total. The number of rotatable bonds is 6. The van der Waals surface area contributed by atoms with Gasteiger partial charge in [-0.3, -0.25) is 4.99 Å². The Bertz CT molecular complexity index is 839. The molecule has 0 amide bonds. The maximum atomic E-state index is 11.8. The largest absolute Gasteiger partial charge is 0.496 e. The molecule has 9 heteroatoms. The number of esters is 1. The number of aliphatic imine (C=N–C) groups is 1. The van der Waals surface area contributed by atoms with E-state index in [9.17, 15) is 4.79 Å². The maximum absolute atomic E-state index is 11.8. The van der Waals surface area contributed by atoms with Gasteiger partial charge in [0.25, 0.3) is 0 Å². The van der Waals surface area contributed by atoms with Gasteiger partial charge in [-0.15, -0.1) is 24.0 Å². The molecule has 2 rings (SSSR count). The molecule has 0 bridgehead atoms. The van der Waals surface area contributed by atoms with Crippen LogP contribution in [0.2, 0.25) is 5.02 Å². The monoisotopic (exact) mass is 520 g/mol. The zero-order chi connectivity index (χ0) is 20.0. The minimum absolute atomic E-state index is 0. The number of methoxy groups -OCH3 is 2. The van der Waals surface area contributed by atoms with Crippen LogP contribution < -0.4 is 10.1 Å². The van der Waals surface area contributed by atoms with E-state index in [4.69, 9.17) is 21.1 Å². The zero-order valence-electron chi connectivity index (χ0n) is 16.7. The molecule has 0 saturated heterocycles. The third kappa shape index (κ3) is 6.03. The van der Waals surface area contributed by atoms with Crippen LogP contribution in [0.25, 0.3) is 0 Å². The lowest BCUT2D eigenvalue weighted by Crippen LogP contribution is -2.38. The van der Waals surface area contributed by atoms with Gasteiger partial charge in [0.1, 0.15) is 11.3 Å². The molecule has 28 heavy (non-hydrogen) atoms. The molecule has 0 aliphatic rings. The first-order valence-corrected chi connectivity index (χ1v) is 8.75. The second kappa shape index (κ2) is 11.2. The molecule has 0 spiro atoms. The van der Waals surface area contributed by atoms with E-state index >= 15 is 0 Å². The molecule has 0 fully saturated rings. The molecule has 0 aliphatic heterocycles. The molecule has 2 aromatic rings. The van der Waals surface area contributed by atoms with Crippen LogP contribution in [-0.4, -0.2) is 49.7 Å². The van der Waals surface area contributed by atoms with Crippen LogP contribution >= 0.6 is 35.6 Å². The second-order valence-electron chi connectivity index (χ2n) is 6.04. The topological polar surface area (TPSA) is 68.1 Å². The molecular weight excluding hydrogens is 495 g/mol. The molecule has 1 aromatic carbocycles. The third-order valence-corrected chi connectivity index (χ3v) is 4.38. The van der Waals surface area contributed by atoms with Gasteiger partial charge in [0.15, 0.2) is 5.96 Å². The van der Waals surface area contributed by atoms with Crippen molar-refractivity contribution in [2.24, 2.45) is 12.0 Å². The van der Waals surface area contributed by atoms with E-state index in [0.717, 1.165) is 17.2 Å². The number of benzene rings is 1. The Balaban J connectivity index is 0.00000392. The molecule has 7 nitrogen and oxygen atoms in total. The lowest BCUT2D eigenvalue weighted by Gasteiger charge is -2.22. The average molecular weight is 521 g/mol. The highest BCUT2D eigenvalue weighted by atomic mass is 127. The Hall–Kier alpha value is -1.94. The molecule has 154 valence electrons. The van der Waals surface area contributed by atoms with Crippen molar-refractivity contribution in [2.45, 2.75) is 13.1 Å². The fourth-order valence-electron chi connectivity index (χ4n) is 2.73. The van der Waals surface area contributed by atoms with Crippen LogP contribution in [0, 0.1) is 0 Å². The minimum atomic E-state index is -0.428.